The van der Waals surface area contributed by atoms with E-state index in [-0.39, 0.29) is 0 Å². The summed E-state index contributed by atoms with van der Waals surface area (Å²) in [6, 6.07) is 0. The predicted octanol–water partition coefficient (Wildman–Crippen LogP) is 2.64. The van der Waals surface area contributed by atoms with Gasteiger partial charge in [0.1, 0.15) is 0 Å². The lowest BCUT2D eigenvalue weighted by molar-refractivity contribution is 0.181. The molecular weight excluding hydrogens is 258 g/mol. The molecule has 1 aromatic heterocycles. The third kappa shape index (κ3) is 3.91. The van der Waals surface area contributed by atoms with Gasteiger partial charge in [0, 0.05) is 31.6 Å². The first-order valence-electron chi connectivity index (χ1n) is 7.17. The lowest BCUT2D eigenvalue weighted by Crippen LogP contribution is -2.18. The average molecular weight is 283 g/mol. The minimum Gasteiger partial charge on any atom is -0.378 e. The minimum atomic E-state index is 0.614. The Labute approximate surface area is 120 Å². The summed E-state index contributed by atoms with van der Waals surface area (Å²) in [4.78, 5) is 8.51. The molecule has 0 spiro atoms. The van der Waals surface area contributed by atoms with Crippen LogP contribution in [0.5, 0.6) is 0 Å². The monoisotopic (exact) mass is 283 g/mol. The zero-order valence-corrected chi connectivity index (χ0v) is 13.1. The third-order valence-electron chi connectivity index (χ3n) is 3.45. The molecule has 108 valence electrons. The van der Waals surface area contributed by atoms with E-state index in [1.807, 2.05) is 11.3 Å². The summed E-state index contributed by atoms with van der Waals surface area (Å²) < 4.78 is 5.27. The average Bonchev–Trinajstić information content (AvgIpc) is 2.97. The van der Waals surface area contributed by atoms with Crippen LogP contribution in [-0.2, 0) is 17.9 Å². The van der Waals surface area contributed by atoms with E-state index in [1.165, 1.54) is 16.4 Å². The molecule has 0 radical (unpaired) electrons. The van der Waals surface area contributed by atoms with Crippen LogP contribution < -0.4 is 10.2 Å². The third-order valence-corrected chi connectivity index (χ3v) is 4.61. The summed E-state index contributed by atoms with van der Waals surface area (Å²) in [5, 5.41) is 4.63. The van der Waals surface area contributed by atoms with Crippen LogP contribution in [0.4, 0.5) is 5.13 Å². The van der Waals surface area contributed by atoms with E-state index in [9.17, 15) is 0 Å². The van der Waals surface area contributed by atoms with Crippen molar-refractivity contribution in [2.75, 3.05) is 31.6 Å². The number of ether oxygens (including phenoxy) is 1. The first-order chi connectivity index (χ1) is 9.24. The summed E-state index contributed by atoms with van der Waals surface area (Å²) in [6.07, 6.45) is 2.44. The number of rotatable bonds is 7. The fourth-order valence-electron chi connectivity index (χ4n) is 2.38. The van der Waals surface area contributed by atoms with Gasteiger partial charge in [-0.2, -0.15) is 0 Å². The van der Waals surface area contributed by atoms with Crippen molar-refractivity contribution >= 4 is 16.5 Å². The number of nitrogens with zero attached hydrogens (tertiary/aromatic N) is 2. The van der Waals surface area contributed by atoms with Crippen LogP contribution in [0, 0.1) is 5.92 Å². The molecule has 1 atom stereocenters. The molecule has 19 heavy (non-hydrogen) atoms. The van der Waals surface area contributed by atoms with E-state index >= 15 is 0 Å². The Morgan fingerprint density at radius 1 is 1.53 bits per heavy atom. The highest BCUT2D eigenvalue weighted by atomic mass is 32.1. The highest BCUT2D eigenvalue weighted by Gasteiger charge is 2.23. The van der Waals surface area contributed by atoms with E-state index in [0.717, 1.165) is 44.2 Å². The Morgan fingerprint density at radius 2 is 2.37 bits per heavy atom. The van der Waals surface area contributed by atoms with Crippen molar-refractivity contribution < 1.29 is 4.74 Å². The first-order valence-corrected chi connectivity index (χ1v) is 7.99. The molecule has 1 aliphatic heterocycles. The van der Waals surface area contributed by atoms with Crippen molar-refractivity contribution in [1.82, 2.24) is 10.3 Å². The lowest BCUT2D eigenvalue weighted by atomic mass is 10.2. The van der Waals surface area contributed by atoms with E-state index in [4.69, 9.17) is 9.72 Å². The predicted molar refractivity (Wildman–Crippen MR) is 80.8 cm³/mol. The highest BCUT2D eigenvalue weighted by Crippen LogP contribution is 2.30. The molecule has 2 heterocycles. The van der Waals surface area contributed by atoms with E-state index < -0.39 is 0 Å². The summed E-state index contributed by atoms with van der Waals surface area (Å²) in [5.74, 6) is 0.788. The minimum absolute atomic E-state index is 0.614. The van der Waals surface area contributed by atoms with Crippen molar-refractivity contribution in [1.29, 1.82) is 0 Å². The molecule has 0 aromatic carbocycles. The fourth-order valence-corrected chi connectivity index (χ4v) is 3.45. The number of hydrogen-bond acceptors (Lipinski definition) is 5. The molecule has 0 bridgehead atoms. The number of anilines is 1. The Bertz CT molecular complexity index is 394. The number of methoxy groups -OCH3 is 1. The standard InChI is InChI=1S/C14H25N3OS/c1-4-6-15-8-13-12(10-18-3)16-14(19-13)17-7-5-11(2)9-17/h11,15H,4-10H2,1-3H3. The lowest BCUT2D eigenvalue weighted by Gasteiger charge is -2.13. The molecule has 1 aliphatic rings. The number of thiazole rings is 1. The van der Waals surface area contributed by atoms with E-state index in [2.05, 4.69) is 24.1 Å². The second kappa shape index (κ2) is 7.22. The molecule has 2 rings (SSSR count). The zero-order valence-electron chi connectivity index (χ0n) is 12.2. The number of nitrogens with one attached hydrogen (secondary N) is 1. The second-order valence-electron chi connectivity index (χ2n) is 5.32. The van der Waals surface area contributed by atoms with Gasteiger partial charge >= 0.3 is 0 Å². The maximum Gasteiger partial charge on any atom is 0.185 e. The number of hydrogen-bond donors (Lipinski definition) is 1. The van der Waals surface area contributed by atoms with E-state index in [1.54, 1.807) is 7.11 Å². The van der Waals surface area contributed by atoms with Gasteiger partial charge in [0.15, 0.2) is 5.13 Å². The van der Waals surface area contributed by atoms with Crippen LogP contribution in [-0.4, -0.2) is 31.7 Å². The van der Waals surface area contributed by atoms with Gasteiger partial charge < -0.3 is 15.0 Å². The van der Waals surface area contributed by atoms with Crippen molar-refractivity contribution in [2.45, 2.75) is 39.8 Å². The Kier molecular flexibility index (Phi) is 5.60. The normalized spacial score (nSPS) is 19.3. The van der Waals surface area contributed by atoms with Gasteiger partial charge in [0.05, 0.1) is 12.3 Å². The van der Waals surface area contributed by atoms with Crippen LogP contribution in [0.15, 0.2) is 0 Å². The van der Waals surface area contributed by atoms with Crippen LogP contribution >= 0.6 is 11.3 Å². The van der Waals surface area contributed by atoms with Gasteiger partial charge in [-0.05, 0) is 25.3 Å². The molecule has 4 nitrogen and oxygen atoms in total. The van der Waals surface area contributed by atoms with Crippen molar-refractivity contribution in [2.24, 2.45) is 5.92 Å². The molecule has 1 saturated heterocycles. The topological polar surface area (TPSA) is 37.4 Å². The van der Waals surface area contributed by atoms with Crippen molar-refractivity contribution in [3.05, 3.63) is 10.6 Å². The largest absolute Gasteiger partial charge is 0.378 e. The fraction of sp³-hybridized carbons (Fsp3) is 0.786. The zero-order chi connectivity index (χ0) is 13.7. The smallest absolute Gasteiger partial charge is 0.185 e. The van der Waals surface area contributed by atoms with Gasteiger partial charge in [-0.3, -0.25) is 0 Å². The summed E-state index contributed by atoms with van der Waals surface area (Å²) in [6.45, 7) is 9.36. The molecule has 0 saturated carbocycles. The summed E-state index contributed by atoms with van der Waals surface area (Å²) in [7, 11) is 1.74. The maximum absolute atomic E-state index is 5.27. The van der Waals surface area contributed by atoms with Crippen LogP contribution in [0.1, 0.15) is 37.3 Å². The molecule has 1 N–H and O–H groups in total. The summed E-state index contributed by atoms with van der Waals surface area (Å²) in [5.41, 5.74) is 1.10. The van der Waals surface area contributed by atoms with E-state index in [0.29, 0.717) is 6.61 Å². The van der Waals surface area contributed by atoms with Gasteiger partial charge in [0.2, 0.25) is 0 Å². The van der Waals surface area contributed by atoms with Crippen LogP contribution in [0.2, 0.25) is 0 Å². The molecule has 1 unspecified atom stereocenters. The van der Waals surface area contributed by atoms with Crippen LogP contribution in [0.25, 0.3) is 0 Å². The van der Waals surface area contributed by atoms with Crippen molar-refractivity contribution in [3.8, 4) is 0 Å². The summed E-state index contributed by atoms with van der Waals surface area (Å²) >= 11 is 1.82. The van der Waals surface area contributed by atoms with Crippen molar-refractivity contribution in [3.63, 3.8) is 0 Å². The number of aromatic nitrogens is 1. The van der Waals surface area contributed by atoms with Gasteiger partial charge in [-0.25, -0.2) is 4.98 Å². The van der Waals surface area contributed by atoms with Gasteiger partial charge in [-0.15, -0.1) is 11.3 Å². The molecule has 5 heteroatoms. The van der Waals surface area contributed by atoms with Crippen LogP contribution in [0.3, 0.4) is 0 Å². The molecule has 0 aliphatic carbocycles. The Hall–Kier alpha value is -0.650. The highest BCUT2D eigenvalue weighted by molar-refractivity contribution is 7.15. The Balaban J connectivity index is 2.05. The molecular formula is C14H25N3OS. The van der Waals surface area contributed by atoms with Gasteiger partial charge in [-0.1, -0.05) is 13.8 Å². The van der Waals surface area contributed by atoms with Gasteiger partial charge in [0.25, 0.3) is 0 Å². The SMILES string of the molecule is CCCNCc1sc(N2CCC(C)C2)nc1COC. The molecule has 1 fully saturated rings. The Morgan fingerprint density at radius 3 is 3.00 bits per heavy atom. The first kappa shape index (κ1) is 14.8. The maximum atomic E-state index is 5.27. The second-order valence-corrected chi connectivity index (χ2v) is 6.38. The molecule has 1 aromatic rings. The molecule has 0 amide bonds. The quantitative estimate of drug-likeness (QED) is 0.781.